The predicted molar refractivity (Wildman–Crippen MR) is 87.5 cm³/mol. The van der Waals surface area contributed by atoms with Crippen LogP contribution in [0.5, 0.6) is 0 Å². The third-order valence-corrected chi connectivity index (χ3v) is 1.82. The molecule has 21 heavy (non-hydrogen) atoms. The van der Waals surface area contributed by atoms with Crippen LogP contribution in [0.1, 0.15) is 0 Å². The average Bonchev–Trinajstić information content (AvgIpc) is 2.61. The number of hydrogen-bond acceptors (Lipinski definition) is 0. The van der Waals surface area contributed by atoms with Crippen molar-refractivity contribution >= 4 is 19.4 Å². The van der Waals surface area contributed by atoms with Gasteiger partial charge in [0.15, 0.2) is 0 Å². The first-order valence-electron chi connectivity index (χ1n) is 6.00. The van der Waals surface area contributed by atoms with Crippen molar-refractivity contribution in [1.82, 2.24) is 0 Å². The first-order valence-corrected chi connectivity index (χ1v) is 10.5. The van der Waals surface area contributed by atoms with Crippen LogP contribution in [0.4, 0.5) is 0 Å². The Kier molecular flexibility index (Phi) is 17.8. The Labute approximate surface area is 143 Å². The van der Waals surface area contributed by atoms with Crippen molar-refractivity contribution < 1.29 is 15.1 Å². The van der Waals surface area contributed by atoms with Crippen LogP contribution >= 0.6 is 19.4 Å². The van der Waals surface area contributed by atoms with E-state index < -0.39 is 0 Å². The Morgan fingerprint density at radius 3 is 0.667 bits per heavy atom. The SMILES string of the molecule is [Cl][Ru][Cl].[c-]1ccccc1.[c-]1ccccc1.[c-]1ccccc1. The van der Waals surface area contributed by atoms with E-state index in [0.717, 1.165) is 0 Å². The van der Waals surface area contributed by atoms with Crippen molar-refractivity contribution in [1.29, 1.82) is 0 Å². The van der Waals surface area contributed by atoms with Crippen LogP contribution in [0, 0.1) is 18.2 Å². The summed E-state index contributed by atoms with van der Waals surface area (Å²) in [5.74, 6) is 0. The molecule has 0 aliphatic heterocycles. The summed E-state index contributed by atoms with van der Waals surface area (Å²) in [4.78, 5) is 0. The second-order valence-corrected chi connectivity index (χ2v) is 5.92. The Bertz CT molecular complexity index is 320. The standard InChI is InChI=1S/3C6H5.2ClH.Ru/c3*1-2-4-6-5-3-1;;;/h3*1-5H;2*1H;/q3*-1;;;+2/p-2. The van der Waals surface area contributed by atoms with Gasteiger partial charge in [0.2, 0.25) is 0 Å². The van der Waals surface area contributed by atoms with Gasteiger partial charge < -0.3 is 0 Å². The van der Waals surface area contributed by atoms with Gasteiger partial charge in [-0.1, -0.05) is 0 Å². The molecule has 0 unspecified atom stereocenters. The fourth-order valence-electron chi connectivity index (χ4n) is 1.03. The summed E-state index contributed by atoms with van der Waals surface area (Å²) in [5, 5.41) is 0. The fraction of sp³-hybridized carbons (Fsp3) is 0. The van der Waals surface area contributed by atoms with Gasteiger partial charge in [-0.05, 0) is 0 Å². The Balaban J connectivity index is 0.000000262. The maximum atomic E-state index is 4.85. The summed E-state index contributed by atoms with van der Waals surface area (Å²) >= 11 is -0.346. The first-order chi connectivity index (χ1) is 10.4. The van der Waals surface area contributed by atoms with Gasteiger partial charge in [-0.25, -0.2) is 0 Å². The van der Waals surface area contributed by atoms with E-state index in [1.165, 1.54) is 0 Å². The average molecular weight is 403 g/mol. The molecule has 112 valence electrons. The van der Waals surface area contributed by atoms with Crippen LogP contribution in [0.25, 0.3) is 0 Å². The van der Waals surface area contributed by atoms with Crippen molar-refractivity contribution in [3.63, 3.8) is 0 Å². The zero-order chi connectivity index (χ0) is 15.4. The van der Waals surface area contributed by atoms with E-state index in [2.05, 4.69) is 18.2 Å². The Hall–Kier alpha value is -1.14. The van der Waals surface area contributed by atoms with Crippen LogP contribution in [0.2, 0.25) is 0 Å². The molecule has 3 heteroatoms. The molecule has 0 aromatic heterocycles. The minimum atomic E-state index is -0.346. The molecule has 0 radical (unpaired) electrons. The zero-order valence-corrected chi connectivity index (χ0v) is 14.5. The van der Waals surface area contributed by atoms with Crippen LogP contribution in [-0.4, -0.2) is 0 Å². The molecule has 0 amide bonds. The topological polar surface area (TPSA) is 0 Å². The van der Waals surface area contributed by atoms with Gasteiger partial charge in [-0.15, -0.1) is 0 Å². The van der Waals surface area contributed by atoms with Crippen molar-refractivity contribution in [2.75, 3.05) is 0 Å². The van der Waals surface area contributed by atoms with E-state index in [9.17, 15) is 0 Å². The molecular weight excluding hydrogens is 388 g/mol. The summed E-state index contributed by atoms with van der Waals surface area (Å²) in [5.41, 5.74) is 0. The smallest absolute Gasteiger partial charge is 0.171 e. The molecular formula is C18H15Cl2Ru-3. The molecule has 0 N–H and O–H groups in total. The third kappa shape index (κ3) is 18.9. The number of hydrogen-bond donors (Lipinski definition) is 0. The van der Waals surface area contributed by atoms with Crippen LogP contribution < -0.4 is 0 Å². The molecule has 3 aromatic rings. The molecule has 0 fully saturated rings. The van der Waals surface area contributed by atoms with Gasteiger partial charge in [0.05, 0.1) is 0 Å². The summed E-state index contributed by atoms with van der Waals surface area (Å²) in [7, 11) is 9.71. The second-order valence-electron chi connectivity index (χ2n) is 3.28. The van der Waals surface area contributed by atoms with Gasteiger partial charge in [0, 0.05) is 0 Å². The summed E-state index contributed by atoms with van der Waals surface area (Å²) in [6.45, 7) is 0. The van der Waals surface area contributed by atoms with Crippen LogP contribution in [0.3, 0.4) is 0 Å². The molecule has 3 aromatic carbocycles. The first kappa shape index (κ1) is 19.9. The molecule has 3 rings (SSSR count). The van der Waals surface area contributed by atoms with Crippen LogP contribution in [0.15, 0.2) is 91.0 Å². The number of halogens is 2. The molecule has 0 aliphatic rings. The number of benzene rings is 3. The molecule has 0 saturated carbocycles. The normalized spacial score (nSPS) is 7.90. The van der Waals surface area contributed by atoms with E-state index >= 15 is 0 Å². The maximum absolute atomic E-state index is 4.85. The molecule has 0 spiro atoms. The summed E-state index contributed by atoms with van der Waals surface area (Å²) in [6, 6.07) is 37.5. The van der Waals surface area contributed by atoms with E-state index in [4.69, 9.17) is 19.4 Å². The monoisotopic (exact) mass is 403 g/mol. The molecule has 0 heterocycles. The molecule has 0 saturated heterocycles. The van der Waals surface area contributed by atoms with Gasteiger partial charge >= 0.3 is 34.5 Å². The quantitative estimate of drug-likeness (QED) is 0.327. The second kappa shape index (κ2) is 18.9. The minimum absolute atomic E-state index is 0.346. The Morgan fingerprint density at radius 2 is 0.619 bits per heavy atom. The van der Waals surface area contributed by atoms with Crippen molar-refractivity contribution in [3.05, 3.63) is 109 Å². The zero-order valence-electron chi connectivity index (χ0n) is 11.3. The molecule has 0 aliphatic carbocycles. The molecule has 0 bridgehead atoms. The Morgan fingerprint density at radius 1 is 0.429 bits per heavy atom. The molecule has 0 atom stereocenters. The van der Waals surface area contributed by atoms with E-state index in [0.29, 0.717) is 0 Å². The van der Waals surface area contributed by atoms with Gasteiger partial charge in [0.1, 0.15) is 0 Å². The van der Waals surface area contributed by atoms with E-state index in [1.54, 1.807) is 0 Å². The largest absolute Gasteiger partial charge is 0.184 e. The van der Waals surface area contributed by atoms with Gasteiger partial charge in [0.25, 0.3) is 0 Å². The molecule has 0 nitrogen and oxygen atoms in total. The van der Waals surface area contributed by atoms with Crippen molar-refractivity contribution in [2.45, 2.75) is 0 Å². The summed E-state index contributed by atoms with van der Waals surface area (Å²) < 4.78 is 0. The van der Waals surface area contributed by atoms with Crippen LogP contribution in [-0.2, 0) is 15.1 Å². The third-order valence-electron chi connectivity index (χ3n) is 1.82. The van der Waals surface area contributed by atoms with Crippen molar-refractivity contribution in [2.24, 2.45) is 0 Å². The van der Waals surface area contributed by atoms with E-state index in [-0.39, 0.29) is 15.1 Å². The van der Waals surface area contributed by atoms with Gasteiger partial charge in [-0.3, -0.25) is 0 Å². The maximum Gasteiger partial charge on any atom is -0.171 e. The predicted octanol–water partition coefficient (Wildman–Crippen LogP) is 5.84. The van der Waals surface area contributed by atoms with Crippen molar-refractivity contribution in [3.8, 4) is 0 Å². The number of rotatable bonds is 0. The van der Waals surface area contributed by atoms with Gasteiger partial charge in [-0.2, -0.15) is 109 Å². The minimum Gasteiger partial charge on any atom is -0.184 e. The fourth-order valence-corrected chi connectivity index (χ4v) is 1.03. The van der Waals surface area contributed by atoms with E-state index in [1.807, 2.05) is 91.0 Å². The summed E-state index contributed by atoms with van der Waals surface area (Å²) in [6.07, 6.45) is 0.